The molecule has 1 aromatic carbocycles. The molecule has 2 N–H and O–H groups in total. The number of hydrogen-bond acceptors (Lipinski definition) is 4. The zero-order chi connectivity index (χ0) is 16.7. The normalized spacial score (nSPS) is 12.5. The fraction of sp³-hybridized carbons (Fsp3) is 0.444. The van der Waals surface area contributed by atoms with E-state index >= 15 is 0 Å². The third kappa shape index (κ3) is 5.30. The van der Waals surface area contributed by atoms with Crippen LogP contribution in [0, 0.1) is 0 Å². The van der Waals surface area contributed by atoms with Crippen molar-refractivity contribution in [2.24, 2.45) is 0 Å². The summed E-state index contributed by atoms with van der Waals surface area (Å²) in [5, 5.41) is 9.24. The van der Waals surface area contributed by atoms with E-state index in [2.05, 4.69) is 33.9 Å². The molecule has 0 aliphatic heterocycles. The summed E-state index contributed by atoms with van der Waals surface area (Å²) in [5.41, 5.74) is 1.89. The Bertz CT molecular complexity index is 655. The summed E-state index contributed by atoms with van der Waals surface area (Å²) >= 11 is 0. The molecule has 5 nitrogen and oxygen atoms in total. The second kappa shape index (κ2) is 8.60. The van der Waals surface area contributed by atoms with E-state index in [4.69, 9.17) is 0 Å². The molecule has 5 heteroatoms. The summed E-state index contributed by atoms with van der Waals surface area (Å²) in [6, 6.07) is 11.9. The topological polar surface area (TPSA) is 69.2 Å². The van der Waals surface area contributed by atoms with E-state index in [-0.39, 0.29) is 18.2 Å². The Morgan fingerprint density at radius 3 is 2.65 bits per heavy atom. The van der Waals surface area contributed by atoms with Gasteiger partial charge in [0.25, 0.3) is 5.56 Å². The lowest BCUT2D eigenvalue weighted by Gasteiger charge is -2.28. The van der Waals surface area contributed by atoms with Gasteiger partial charge in [0, 0.05) is 31.0 Å². The molecule has 0 radical (unpaired) electrons. The summed E-state index contributed by atoms with van der Waals surface area (Å²) in [7, 11) is 0. The van der Waals surface area contributed by atoms with E-state index < -0.39 is 0 Å². The first-order valence-corrected chi connectivity index (χ1v) is 8.10. The maximum absolute atomic E-state index is 11.8. The zero-order valence-electron chi connectivity index (χ0n) is 13.8. The van der Waals surface area contributed by atoms with Crippen molar-refractivity contribution in [1.29, 1.82) is 0 Å². The third-order valence-electron chi connectivity index (χ3n) is 3.96. The molecule has 23 heavy (non-hydrogen) atoms. The van der Waals surface area contributed by atoms with Crippen molar-refractivity contribution in [2.75, 3.05) is 6.61 Å². The van der Waals surface area contributed by atoms with Crippen LogP contribution in [-0.2, 0) is 19.5 Å². The van der Waals surface area contributed by atoms with Crippen molar-refractivity contribution in [3.63, 3.8) is 0 Å². The van der Waals surface area contributed by atoms with Gasteiger partial charge in [0.05, 0.1) is 6.54 Å². The largest absolute Gasteiger partial charge is 0.396 e. The van der Waals surface area contributed by atoms with Crippen molar-refractivity contribution in [2.45, 2.75) is 45.8 Å². The molecule has 0 bridgehead atoms. The predicted molar refractivity (Wildman–Crippen MR) is 91.1 cm³/mol. The highest BCUT2D eigenvalue weighted by Crippen LogP contribution is 2.13. The van der Waals surface area contributed by atoms with Gasteiger partial charge in [-0.05, 0) is 25.3 Å². The number of nitrogens with zero attached hydrogens (tertiary/aromatic N) is 2. The highest BCUT2D eigenvalue weighted by molar-refractivity contribution is 5.14. The molecule has 2 rings (SSSR count). The van der Waals surface area contributed by atoms with Crippen LogP contribution in [0.5, 0.6) is 0 Å². The van der Waals surface area contributed by atoms with E-state index in [9.17, 15) is 9.90 Å². The van der Waals surface area contributed by atoms with Crippen LogP contribution < -0.4 is 5.56 Å². The highest BCUT2D eigenvalue weighted by Gasteiger charge is 2.16. The second-order valence-electron chi connectivity index (χ2n) is 5.79. The minimum atomic E-state index is -0.110. The van der Waals surface area contributed by atoms with Crippen molar-refractivity contribution in [1.82, 2.24) is 14.9 Å². The molecule has 0 aliphatic rings. The summed E-state index contributed by atoms with van der Waals surface area (Å²) in [4.78, 5) is 21.3. The number of aromatic amines is 1. The van der Waals surface area contributed by atoms with Gasteiger partial charge >= 0.3 is 0 Å². The fourth-order valence-corrected chi connectivity index (χ4v) is 2.57. The maximum Gasteiger partial charge on any atom is 0.251 e. The van der Waals surface area contributed by atoms with Gasteiger partial charge in [-0.15, -0.1) is 0 Å². The first-order chi connectivity index (χ1) is 11.1. The lowest BCUT2D eigenvalue weighted by molar-refractivity contribution is 0.150. The van der Waals surface area contributed by atoms with E-state index in [1.807, 2.05) is 25.1 Å². The fourth-order valence-electron chi connectivity index (χ4n) is 2.57. The molecular formula is C18H25N3O2. The molecule has 1 heterocycles. The number of benzene rings is 1. The number of aliphatic hydroxyl groups excluding tert-OH is 1. The van der Waals surface area contributed by atoms with Gasteiger partial charge in [0.15, 0.2) is 0 Å². The molecule has 1 atom stereocenters. The molecular weight excluding hydrogens is 290 g/mol. The van der Waals surface area contributed by atoms with Gasteiger partial charge < -0.3 is 10.1 Å². The SMILES string of the molecule is CCc1cc(=O)[nH]c(CN(Cc2ccccc2)C(C)CCO)n1. The molecule has 0 saturated carbocycles. The van der Waals surface area contributed by atoms with E-state index in [0.29, 0.717) is 18.8 Å². The molecule has 124 valence electrons. The average Bonchev–Trinajstić information content (AvgIpc) is 2.55. The molecule has 0 spiro atoms. The first kappa shape index (κ1) is 17.4. The number of hydrogen-bond donors (Lipinski definition) is 2. The Labute approximate surface area is 137 Å². The second-order valence-corrected chi connectivity index (χ2v) is 5.79. The Morgan fingerprint density at radius 1 is 1.26 bits per heavy atom. The Kier molecular flexibility index (Phi) is 6.50. The molecule has 0 amide bonds. The van der Waals surface area contributed by atoms with Crippen LogP contribution in [0.25, 0.3) is 0 Å². The van der Waals surface area contributed by atoms with Crippen LogP contribution >= 0.6 is 0 Å². The summed E-state index contributed by atoms with van der Waals surface area (Å²) < 4.78 is 0. The van der Waals surface area contributed by atoms with Crippen molar-refractivity contribution in [3.8, 4) is 0 Å². The quantitative estimate of drug-likeness (QED) is 0.783. The number of aromatic nitrogens is 2. The Hall–Kier alpha value is -1.98. The van der Waals surface area contributed by atoms with Crippen molar-refractivity contribution in [3.05, 3.63) is 63.8 Å². The number of aryl methyl sites for hydroxylation is 1. The summed E-state index contributed by atoms with van der Waals surface area (Å²) in [6.45, 7) is 5.52. The van der Waals surface area contributed by atoms with Crippen LogP contribution in [0.15, 0.2) is 41.2 Å². The molecule has 1 aromatic heterocycles. The minimum absolute atomic E-state index is 0.110. The van der Waals surface area contributed by atoms with Gasteiger partial charge in [0.2, 0.25) is 0 Å². The van der Waals surface area contributed by atoms with Crippen LogP contribution in [0.1, 0.15) is 37.4 Å². The predicted octanol–water partition coefficient (Wildman–Crippen LogP) is 2.11. The molecule has 0 fully saturated rings. The molecule has 2 aromatic rings. The van der Waals surface area contributed by atoms with Crippen LogP contribution in [0.4, 0.5) is 0 Å². The van der Waals surface area contributed by atoms with Crippen LogP contribution in [0.2, 0.25) is 0 Å². The first-order valence-electron chi connectivity index (χ1n) is 8.10. The van der Waals surface area contributed by atoms with E-state index in [1.54, 1.807) is 6.07 Å². The molecule has 0 aliphatic carbocycles. The van der Waals surface area contributed by atoms with E-state index in [0.717, 1.165) is 18.7 Å². The lowest BCUT2D eigenvalue weighted by Crippen LogP contribution is -2.34. The van der Waals surface area contributed by atoms with E-state index in [1.165, 1.54) is 5.56 Å². The smallest absolute Gasteiger partial charge is 0.251 e. The van der Waals surface area contributed by atoms with Gasteiger partial charge in [-0.25, -0.2) is 4.98 Å². The minimum Gasteiger partial charge on any atom is -0.396 e. The lowest BCUT2D eigenvalue weighted by atomic mass is 10.1. The molecule has 1 unspecified atom stereocenters. The number of H-pyrrole nitrogens is 1. The number of aliphatic hydroxyl groups is 1. The standard InChI is InChI=1S/C18H25N3O2/c1-3-16-11-18(23)20-17(19-16)13-21(14(2)9-10-22)12-15-7-5-4-6-8-15/h4-8,11,14,22H,3,9-10,12-13H2,1-2H3,(H,19,20,23). The third-order valence-corrected chi connectivity index (χ3v) is 3.96. The summed E-state index contributed by atoms with van der Waals surface area (Å²) in [5.74, 6) is 0.676. The zero-order valence-corrected chi connectivity index (χ0v) is 13.8. The monoisotopic (exact) mass is 315 g/mol. The Balaban J connectivity index is 2.20. The highest BCUT2D eigenvalue weighted by atomic mass is 16.3. The van der Waals surface area contributed by atoms with Gasteiger partial charge in [-0.2, -0.15) is 0 Å². The molecule has 0 saturated heterocycles. The number of rotatable bonds is 8. The maximum atomic E-state index is 11.8. The summed E-state index contributed by atoms with van der Waals surface area (Å²) in [6.07, 6.45) is 1.42. The average molecular weight is 315 g/mol. The Morgan fingerprint density at radius 2 is 2.00 bits per heavy atom. The van der Waals surface area contributed by atoms with Gasteiger partial charge in [0.1, 0.15) is 5.82 Å². The van der Waals surface area contributed by atoms with Gasteiger partial charge in [-0.3, -0.25) is 9.69 Å². The number of nitrogens with one attached hydrogen (secondary N) is 1. The van der Waals surface area contributed by atoms with Crippen molar-refractivity contribution < 1.29 is 5.11 Å². The van der Waals surface area contributed by atoms with Crippen molar-refractivity contribution >= 4 is 0 Å². The van der Waals surface area contributed by atoms with Crippen LogP contribution in [0.3, 0.4) is 0 Å². The van der Waals surface area contributed by atoms with Crippen LogP contribution in [-0.4, -0.2) is 32.6 Å². The van der Waals surface area contributed by atoms with Gasteiger partial charge in [-0.1, -0.05) is 37.3 Å².